The van der Waals surface area contributed by atoms with Gasteiger partial charge in [0, 0.05) is 15.0 Å². The fourth-order valence-corrected chi connectivity index (χ4v) is 3.41. The summed E-state index contributed by atoms with van der Waals surface area (Å²) in [5, 5.41) is 2.31. The largest absolute Gasteiger partial charge is 0.279 e. The molecule has 0 saturated heterocycles. The van der Waals surface area contributed by atoms with Crippen LogP contribution in [0.1, 0.15) is 20.8 Å². The van der Waals surface area contributed by atoms with Crippen molar-refractivity contribution in [1.82, 2.24) is 0 Å². The highest BCUT2D eigenvalue weighted by molar-refractivity contribution is 7.21. The van der Waals surface area contributed by atoms with Crippen LogP contribution in [0.3, 0.4) is 0 Å². The van der Waals surface area contributed by atoms with E-state index in [0.717, 1.165) is 5.36 Å². The van der Waals surface area contributed by atoms with Gasteiger partial charge in [0.25, 0.3) is 0 Å². The van der Waals surface area contributed by atoms with Gasteiger partial charge in [0.2, 0.25) is 0 Å². The minimum absolute atomic E-state index is 0.0806. The first kappa shape index (κ1) is 14.0. The predicted molar refractivity (Wildman–Crippen MR) is 92.6 cm³/mol. The van der Waals surface area contributed by atoms with Crippen molar-refractivity contribution in [3.8, 4) is 10.4 Å². The third kappa shape index (κ3) is 3.22. The summed E-state index contributed by atoms with van der Waals surface area (Å²) in [6.07, 6.45) is 0. The van der Waals surface area contributed by atoms with E-state index in [1.54, 1.807) is 0 Å². The molecule has 0 N–H and O–H groups in total. The first-order chi connectivity index (χ1) is 10.0. The van der Waals surface area contributed by atoms with Crippen LogP contribution in [0, 0.1) is 0 Å². The number of benzene rings is 2. The number of nitrogens with zero attached hydrogens (tertiary/aromatic N) is 1. The molecular weight excluding hydrogens is 274 g/mol. The molecule has 0 aliphatic heterocycles. The van der Waals surface area contributed by atoms with E-state index in [4.69, 9.17) is 4.99 Å². The summed E-state index contributed by atoms with van der Waals surface area (Å²) >= 11 is 1.82. The molecule has 0 aliphatic rings. The Morgan fingerprint density at radius 1 is 0.857 bits per heavy atom. The van der Waals surface area contributed by atoms with Gasteiger partial charge in [0.15, 0.2) is 0 Å². The van der Waals surface area contributed by atoms with E-state index in [-0.39, 0.29) is 5.54 Å². The summed E-state index contributed by atoms with van der Waals surface area (Å²) in [6.45, 7) is 6.42. The predicted octanol–water partition coefficient (Wildman–Crippen LogP) is 5.27. The molecule has 0 saturated carbocycles. The van der Waals surface area contributed by atoms with Gasteiger partial charge in [-0.3, -0.25) is 4.99 Å². The third-order valence-electron chi connectivity index (χ3n) is 3.16. The standard InChI is InChI=1S/C19H19NS/c1-19(2,3)20-16-13-18(14-9-5-4-6-10-14)21-17-12-8-7-11-15(16)17/h4-13H,1-3H3. The Bertz CT molecular complexity index is 823. The van der Waals surface area contributed by atoms with E-state index in [9.17, 15) is 0 Å². The van der Waals surface area contributed by atoms with E-state index in [1.165, 1.54) is 20.5 Å². The topological polar surface area (TPSA) is 12.4 Å². The summed E-state index contributed by atoms with van der Waals surface area (Å²) in [5.41, 5.74) is 1.17. The summed E-state index contributed by atoms with van der Waals surface area (Å²) in [5.74, 6) is 0. The van der Waals surface area contributed by atoms with Crippen LogP contribution in [0.25, 0.3) is 20.5 Å². The molecule has 0 spiro atoms. The van der Waals surface area contributed by atoms with Gasteiger partial charge >= 0.3 is 0 Å². The van der Waals surface area contributed by atoms with Crippen molar-refractivity contribution in [3.63, 3.8) is 0 Å². The van der Waals surface area contributed by atoms with Crippen molar-refractivity contribution < 1.29 is 0 Å². The van der Waals surface area contributed by atoms with Gasteiger partial charge in [-0.2, -0.15) is 0 Å². The Hall–Kier alpha value is -1.93. The normalized spacial score (nSPS) is 12.8. The minimum atomic E-state index is -0.0806. The zero-order valence-corrected chi connectivity index (χ0v) is 13.4. The highest BCUT2D eigenvalue weighted by Gasteiger charge is 2.09. The summed E-state index contributed by atoms with van der Waals surface area (Å²) in [6, 6.07) is 21.2. The Morgan fingerprint density at radius 3 is 2.24 bits per heavy atom. The second kappa shape index (κ2) is 5.45. The molecule has 0 bridgehead atoms. The Morgan fingerprint density at radius 2 is 1.52 bits per heavy atom. The van der Waals surface area contributed by atoms with Crippen molar-refractivity contribution in [2.24, 2.45) is 4.99 Å². The van der Waals surface area contributed by atoms with Crippen LogP contribution in [0.15, 0.2) is 65.7 Å². The maximum Gasteiger partial charge on any atom is 0.0681 e. The molecule has 2 heteroatoms. The summed E-state index contributed by atoms with van der Waals surface area (Å²) in [7, 11) is 0. The van der Waals surface area contributed by atoms with E-state index in [1.807, 2.05) is 11.3 Å². The molecule has 0 atom stereocenters. The summed E-state index contributed by atoms with van der Waals surface area (Å²) < 4.78 is 1.28. The highest BCUT2D eigenvalue weighted by Crippen LogP contribution is 2.27. The van der Waals surface area contributed by atoms with Crippen LogP contribution in [-0.2, 0) is 0 Å². The number of rotatable bonds is 1. The van der Waals surface area contributed by atoms with Crippen molar-refractivity contribution in [1.29, 1.82) is 0 Å². The molecule has 0 aliphatic carbocycles. The molecule has 0 unspecified atom stereocenters. The number of fused-ring (bicyclic) bond motifs is 1. The smallest absolute Gasteiger partial charge is 0.0681 e. The maximum atomic E-state index is 4.91. The second-order valence-corrected chi connectivity index (χ2v) is 7.22. The van der Waals surface area contributed by atoms with Gasteiger partial charge in [-0.05, 0) is 38.5 Å². The van der Waals surface area contributed by atoms with Crippen molar-refractivity contribution in [3.05, 3.63) is 66.0 Å². The third-order valence-corrected chi connectivity index (χ3v) is 4.31. The lowest BCUT2D eigenvalue weighted by atomic mass is 10.1. The van der Waals surface area contributed by atoms with Crippen LogP contribution in [-0.4, -0.2) is 5.54 Å². The van der Waals surface area contributed by atoms with E-state index < -0.39 is 0 Å². The molecule has 3 aromatic rings. The number of hydrogen-bond donors (Lipinski definition) is 0. The van der Waals surface area contributed by atoms with Crippen LogP contribution >= 0.6 is 11.3 Å². The van der Waals surface area contributed by atoms with Gasteiger partial charge in [-0.25, -0.2) is 0 Å². The van der Waals surface area contributed by atoms with Gasteiger partial charge in [-0.1, -0.05) is 48.5 Å². The van der Waals surface area contributed by atoms with E-state index >= 15 is 0 Å². The van der Waals surface area contributed by atoms with Crippen molar-refractivity contribution in [2.45, 2.75) is 26.3 Å². The molecule has 106 valence electrons. The highest BCUT2D eigenvalue weighted by atomic mass is 32.1. The van der Waals surface area contributed by atoms with Crippen molar-refractivity contribution >= 4 is 21.4 Å². The first-order valence-electron chi connectivity index (χ1n) is 7.17. The van der Waals surface area contributed by atoms with Gasteiger partial charge < -0.3 is 0 Å². The lowest BCUT2D eigenvalue weighted by Crippen LogP contribution is -2.16. The lowest BCUT2D eigenvalue weighted by Gasteiger charge is -2.12. The fraction of sp³-hybridized carbons (Fsp3) is 0.211. The monoisotopic (exact) mass is 293 g/mol. The molecule has 21 heavy (non-hydrogen) atoms. The zero-order chi connectivity index (χ0) is 14.9. The molecule has 3 rings (SSSR count). The summed E-state index contributed by atoms with van der Waals surface area (Å²) in [4.78, 5) is 6.17. The van der Waals surface area contributed by atoms with Gasteiger partial charge in [0.1, 0.15) is 0 Å². The molecule has 0 radical (unpaired) electrons. The van der Waals surface area contributed by atoms with Crippen LogP contribution < -0.4 is 5.36 Å². The molecule has 1 aromatic heterocycles. The maximum absolute atomic E-state index is 4.91. The SMILES string of the molecule is CC(C)(C)N=c1cc(-c2ccccc2)sc2ccccc12. The molecular formula is C19H19NS. The lowest BCUT2D eigenvalue weighted by molar-refractivity contribution is 0.568. The molecule has 1 nitrogen and oxygen atoms in total. The average molecular weight is 293 g/mol. The Labute approximate surface area is 129 Å². The van der Waals surface area contributed by atoms with Gasteiger partial charge in [-0.15, -0.1) is 11.3 Å². The van der Waals surface area contributed by atoms with E-state index in [2.05, 4.69) is 81.4 Å². The first-order valence-corrected chi connectivity index (χ1v) is 7.99. The van der Waals surface area contributed by atoms with Crippen LogP contribution in [0.4, 0.5) is 0 Å². The Balaban J connectivity index is 2.33. The zero-order valence-electron chi connectivity index (χ0n) is 12.6. The second-order valence-electron chi connectivity index (χ2n) is 6.14. The molecule has 0 fully saturated rings. The van der Waals surface area contributed by atoms with E-state index in [0.29, 0.717) is 0 Å². The fourth-order valence-electron chi connectivity index (χ4n) is 2.32. The minimum Gasteiger partial charge on any atom is -0.279 e. The van der Waals surface area contributed by atoms with Crippen molar-refractivity contribution in [2.75, 3.05) is 0 Å². The quantitative estimate of drug-likeness (QED) is 0.580. The molecule has 0 amide bonds. The van der Waals surface area contributed by atoms with Gasteiger partial charge in [0.05, 0.1) is 10.9 Å². The number of hydrogen-bond acceptors (Lipinski definition) is 2. The molecule has 1 heterocycles. The van der Waals surface area contributed by atoms with Crippen LogP contribution in [0.2, 0.25) is 0 Å². The Kier molecular flexibility index (Phi) is 3.64. The average Bonchev–Trinajstić information content (AvgIpc) is 2.46. The molecule has 2 aromatic carbocycles. The van der Waals surface area contributed by atoms with Crippen LogP contribution in [0.5, 0.6) is 0 Å².